The first kappa shape index (κ1) is 12.9. The average molecular weight is 214 g/mol. The highest BCUT2D eigenvalue weighted by atomic mass is 16.5. The fourth-order valence-corrected chi connectivity index (χ4v) is 1.85. The Bertz CT molecular complexity index is 177. The van der Waals surface area contributed by atoms with E-state index in [0.29, 0.717) is 6.04 Å². The van der Waals surface area contributed by atoms with Crippen molar-refractivity contribution in [2.45, 2.75) is 45.8 Å². The van der Waals surface area contributed by atoms with Crippen LogP contribution in [0.15, 0.2) is 0 Å². The number of piperazine rings is 1. The highest BCUT2D eigenvalue weighted by molar-refractivity contribution is 4.77. The molecule has 1 atom stereocenters. The number of rotatable bonds is 4. The number of ether oxygens (including phenoxy) is 1. The molecule has 0 aromatic carbocycles. The fraction of sp³-hybridized carbons (Fsp3) is 1.00. The molecule has 0 aromatic heterocycles. The van der Waals surface area contributed by atoms with Gasteiger partial charge in [0, 0.05) is 32.2 Å². The largest absolute Gasteiger partial charge is 0.375 e. The lowest BCUT2D eigenvalue weighted by molar-refractivity contribution is -0.0156. The molecule has 1 saturated heterocycles. The van der Waals surface area contributed by atoms with Gasteiger partial charge in [0.1, 0.15) is 0 Å². The summed E-state index contributed by atoms with van der Waals surface area (Å²) in [5.41, 5.74) is -0.00179. The lowest BCUT2D eigenvalue weighted by atomic mass is 10.1. The Balaban J connectivity index is 2.15. The molecule has 1 N–H and O–H groups in total. The first-order chi connectivity index (χ1) is 7.01. The summed E-state index contributed by atoms with van der Waals surface area (Å²) in [5, 5.41) is 3.52. The normalized spacial score (nSPS) is 24.4. The van der Waals surface area contributed by atoms with Crippen LogP contribution in [0.4, 0.5) is 0 Å². The molecule has 0 aromatic rings. The van der Waals surface area contributed by atoms with Gasteiger partial charge >= 0.3 is 0 Å². The van der Waals surface area contributed by atoms with Crippen LogP contribution in [0.5, 0.6) is 0 Å². The Labute approximate surface area is 94.2 Å². The summed E-state index contributed by atoms with van der Waals surface area (Å²) in [4.78, 5) is 2.50. The van der Waals surface area contributed by atoms with Crippen LogP contribution < -0.4 is 5.32 Å². The maximum absolute atomic E-state index is 5.74. The summed E-state index contributed by atoms with van der Waals surface area (Å²) in [7, 11) is 0. The number of nitrogens with zero attached hydrogens (tertiary/aromatic N) is 1. The van der Waals surface area contributed by atoms with Crippen LogP contribution in [0, 0.1) is 0 Å². The van der Waals surface area contributed by atoms with Gasteiger partial charge in [-0.05, 0) is 27.2 Å². The quantitative estimate of drug-likeness (QED) is 0.767. The van der Waals surface area contributed by atoms with Gasteiger partial charge in [0.05, 0.1) is 12.2 Å². The van der Waals surface area contributed by atoms with Crippen molar-refractivity contribution in [3.63, 3.8) is 0 Å². The molecular weight excluding hydrogens is 188 g/mol. The minimum atomic E-state index is -0.00179. The topological polar surface area (TPSA) is 24.5 Å². The first-order valence-electron chi connectivity index (χ1n) is 6.11. The molecular formula is C12H26N2O. The molecule has 90 valence electrons. The third-order valence-electron chi connectivity index (χ3n) is 2.78. The molecule has 0 spiro atoms. The molecule has 1 heterocycles. The summed E-state index contributed by atoms with van der Waals surface area (Å²) in [6.07, 6.45) is 1.22. The van der Waals surface area contributed by atoms with Gasteiger partial charge in [0.2, 0.25) is 0 Å². The van der Waals surface area contributed by atoms with E-state index < -0.39 is 0 Å². The molecule has 0 aliphatic carbocycles. The third kappa shape index (κ3) is 5.50. The monoisotopic (exact) mass is 214 g/mol. The molecule has 3 heteroatoms. The highest BCUT2D eigenvalue weighted by Crippen LogP contribution is 2.07. The first-order valence-corrected chi connectivity index (χ1v) is 6.11. The smallest absolute Gasteiger partial charge is 0.0600 e. The van der Waals surface area contributed by atoms with Crippen molar-refractivity contribution in [2.24, 2.45) is 0 Å². The minimum absolute atomic E-state index is 0.00179. The second kappa shape index (κ2) is 5.83. The lowest BCUT2D eigenvalue weighted by Gasteiger charge is -2.33. The summed E-state index contributed by atoms with van der Waals surface area (Å²) >= 11 is 0. The summed E-state index contributed by atoms with van der Waals surface area (Å²) < 4.78 is 5.74. The lowest BCUT2D eigenvalue weighted by Crippen LogP contribution is -2.51. The molecule has 1 unspecified atom stereocenters. The van der Waals surface area contributed by atoms with Gasteiger partial charge in [-0.25, -0.2) is 0 Å². The fourth-order valence-electron chi connectivity index (χ4n) is 1.85. The van der Waals surface area contributed by atoms with E-state index in [9.17, 15) is 0 Å². The Morgan fingerprint density at radius 1 is 1.40 bits per heavy atom. The number of nitrogens with one attached hydrogen (secondary N) is 1. The Morgan fingerprint density at radius 3 is 2.73 bits per heavy atom. The zero-order chi connectivity index (χ0) is 11.3. The summed E-state index contributed by atoms with van der Waals surface area (Å²) in [6.45, 7) is 13.9. The molecule has 0 saturated carbocycles. The van der Waals surface area contributed by atoms with E-state index in [1.807, 2.05) is 0 Å². The molecule has 15 heavy (non-hydrogen) atoms. The second-order valence-corrected chi connectivity index (χ2v) is 5.32. The van der Waals surface area contributed by atoms with Gasteiger partial charge in [-0.2, -0.15) is 0 Å². The van der Waals surface area contributed by atoms with E-state index in [0.717, 1.165) is 26.2 Å². The van der Waals surface area contributed by atoms with Gasteiger partial charge in [0.25, 0.3) is 0 Å². The van der Waals surface area contributed by atoms with E-state index >= 15 is 0 Å². The van der Waals surface area contributed by atoms with Crippen molar-refractivity contribution in [1.29, 1.82) is 0 Å². The molecule has 1 rings (SSSR count). The van der Waals surface area contributed by atoms with Crippen molar-refractivity contribution in [3.8, 4) is 0 Å². The standard InChI is InChI=1S/C12H26N2O/c1-5-11-10-14(7-6-13-11)8-9-15-12(2,3)4/h11,13H,5-10H2,1-4H3. The van der Waals surface area contributed by atoms with Crippen molar-refractivity contribution >= 4 is 0 Å². The predicted molar refractivity (Wildman–Crippen MR) is 64.2 cm³/mol. The van der Waals surface area contributed by atoms with Crippen LogP contribution in [0.1, 0.15) is 34.1 Å². The Kier molecular flexibility index (Phi) is 5.03. The van der Waals surface area contributed by atoms with E-state index in [-0.39, 0.29) is 5.60 Å². The zero-order valence-electron chi connectivity index (χ0n) is 10.7. The van der Waals surface area contributed by atoms with E-state index in [2.05, 4.69) is 37.9 Å². The van der Waals surface area contributed by atoms with Crippen molar-refractivity contribution < 1.29 is 4.74 Å². The molecule has 0 bridgehead atoms. The van der Waals surface area contributed by atoms with Gasteiger partial charge < -0.3 is 10.1 Å². The molecule has 1 fully saturated rings. The third-order valence-corrected chi connectivity index (χ3v) is 2.78. The average Bonchev–Trinajstić information content (AvgIpc) is 2.16. The number of hydrogen-bond acceptors (Lipinski definition) is 3. The zero-order valence-corrected chi connectivity index (χ0v) is 10.7. The van der Waals surface area contributed by atoms with Crippen LogP contribution >= 0.6 is 0 Å². The summed E-state index contributed by atoms with van der Waals surface area (Å²) in [5.74, 6) is 0. The predicted octanol–water partition coefficient (Wildman–Crippen LogP) is 1.49. The van der Waals surface area contributed by atoms with E-state index in [1.54, 1.807) is 0 Å². The Hall–Kier alpha value is -0.120. The van der Waals surface area contributed by atoms with Gasteiger partial charge in [-0.1, -0.05) is 6.92 Å². The maximum Gasteiger partial charge on any atom is 0.0600 e. The highest BCUT2D eigenvalue weighted by Gasteiger charge is 2.18. The molecule has 0 radical (unpaired) electrons. The number of hydrogen-bond donors (Lipinski definition) is 1. The van der Waals surface area contributed by atoms with E-state index in [1.165, 1.54) is 13.0 Å². The molecule has 1 aliphatic heterocycles. The van der Waals surface area contributed by atoms with Gasteiger partial charge in [-0.3, -0.25) is 4.90 Å². The van der Waals surface area contributed by atoms with Crippen molar-refractivity contribution in [2.75, 3.05) is 32.8 Å². The van der Waals surface area contributed by atoms with Gasteiger partial charge in [0.15, 0.2) is 0 Å². The maximum atomic E-state index is 5.74. The van der Waals surface area contributed by atoms with Crippen LogP contribution in [0.2, 0.25) is 0 Å². The second-order valence-electron chi connectivity index (χ2n) is 5.32. The molecule has 1 aliphatic rings. The summed E-state index contributed by atoms with van der Waals surface area (Å²) in [6, 6.07) is 0.674. The Morgan fingerprint density at radius 2 is 2.13 bits per heavy atom. The van der Waals surface area contributed by atoms with Crippen molar-refractivity contribution in [3.05, 3.63) is 0 Å². The van der Waals surface area contributed by atoms with Gasteiger partial charge in [-0.15, -0.1) is 0 Å². The molecule has 0 amide bonds. The van der Waals surface area contributed by atoms with Crippen molar-refractivity contribution in [1.82, 2.24) is 10.2 Å². The van der Waals surface area contributed by atoms with E-state index in [4.69, 9.17) is 4.74 Å². The van der Waals surface area contributed by atoms with Crippen LogP contribution in [-0.2, 0) is 4.74 Å². The van der Waals surface area contributed by atoms with Crippen LogP contribution in [0.25, 0.3) is 0 Å². The minimum Gasteiger partial charge on any atom is -0.375 e. The van der Waals surface area contributed by atoms with Crippen LogP contribution in [0.3, 0.4) is 0 Å². The molecule has 3 nitrogen and oxygen atoms in total. The van der Waals surface area contributed by atoms with Crippen LogP contribution in [-0.4, -0.2) is 49.3 Å². The SMILES string of the molecule is CCC1CN(CCOC(C)(C)C)CCN1.